The summed E-state index contributed by atoms with van der Waals surface area (Å²) >= 11 is 0.984. The van der Waals surface area contributed by atoms with Crippen molar-refractivity contribution in [1.29, 1.82) is 0 Å². The Morgan fingerprint density at radius 2 is 2.00 bits per heavy atom. The lowest BCUT2D eigenvalue weighted by Gasteiger charge is -2.12. The van der Waals surface area contributed by atoms with E-state index in [2.05, 4.69) is 4.74 Å². The van der Waals surface area contributed by atoms with Crippen LogP contribution in [-0.4, -0.2) is 18.3 Å². The van der Waals surface area contributed by atoms with Crippen molar-refractivity contribution in [2.24, 2.45) is 0 Å². The quantitative estimate of drug-likeness (QED) is 0.479. The van der Waals surface area contributed by atoms with Gasteiger partial charge >= 0.3 is 6.18 Å². The molecule has 0 radical (unpaired) electrons. The molecule has 0 atom stereocenters. The number of hydrogen-bond donors (Lipinski definition) is 0. The fraction of sp³-hybridized carbons (Fsp3) is 0.333. The first-order valence-electron chi connectivity index (χ1n) is 4.29. The zero-order valence-electron chi connectivity index (χ0n) is 8.87. The maximum absolute atomic E-state index is 12.6. The smallest absolute Gasteiger partial charge is 0.420 e. The molecule has 0 aliphatic carbocycles. The first-order valence-corrected chi connectivity index (χ1v) is 5.51. The first-order chi connectivity index (χ1) is 7.81. The van der Waals surface area contributed by atoms with Crippen molar-refractivity contribution >= 4 is 17.4 Å². The lowest BCUT2D eigenvalue weighted by atomic mass is 10.1. The van der Waals surface area contributed by atoms with Crippen molar-refractivity contribution in [2.75, 3.05) is 13.4 Å². The van der Waals surface area contributed by atoms with Gasteiger partial charge in [-0.2, -0.15) is 13.2 Å². The summed E-state index contributed by atoms with van der Waals surface area (Å²) in [5, 5.41) is 10.6. The van der Waals surface area contributed by atoms with Crippen LogP contribution in [0, 0.1) is 10.1 Å². The first kappa shape index (κ1) is 13.6. The maximum Gasteiger partial charge on any atom is 0.420 e. The average molecular weight is 267 g/mol. The van der Waals surface area contributed by atoms with Gasteiger partial charge in [-0.15, -0.1) is 11.8 Å². The van der Waals surface area contributed by atoms with E-state index in [1.54, 1.807) is 0 Å². The number of nitro benzene ring substituents is 1. The van der Waals surface area contributed by atoms with Gasteiger partial charge in [-0.05, 0) is 6.26 Å². The lowest BCUT2D eigenvalue weighted by Crippen LogP contribution is -2.08. The number of nitrogens with zero attached hydrogens (tertiary/aromatic N) is 1. The number of benzene rings is 1. The van der Waals surface area contributed by atoms with E-state index in [1.807, 2.05) is 0 Å². The van der Waals surface area contributed by atoms with Crippen LogP contribution in [0.2, 0.25) is 0 Å². The molecule has 1 rings (SSSR count). The van der Waals surface area contributed by atoms with Gasteiger partial charge in [0.2, 0.25) is 0 Å². The van der Waals surface area contributed by atoms with Crippen LogP contribution in [0.15, 0.2) is 17.0 Å². The third-order valence-electron chi connectivity index (χ3n) is 2.00. The van der Waals surface area contributed by atoms with Gasteiger partial charge in [-0.25, -0.2) is 0 Å². The molecule has 17 heavy (non-hydrogen) atoms. The Hall–Kier alpha value is -1.44. The molecule has 0 amide bonds. The fourth-order valence-corrected chi connectivity index (χ4v) is 1.81. The summed E-state index contributed by atoms with van der Waals surface area (Å²) in [4.78, 5) is 9.92. The summed E-state index contributed by atoms with van der Waals surface area (Å²) in [7, 11) is 1.08. The standard InChI is InChI=1S/C9H8F3NO3S/c1-16-7-4-8(17-2)6(13(14)15)3-5(7)9(10,11)12/h3-4H,1-2H3. The highest BCUT2D eigenvalue weighted by molar-refractivity contribution is 7.98. The van der Waals surface area contributed by atoms with Gasteiger partial charge in [0.25, 0.3) is 5.69 Å². The third kappa shape index (κ3) is 2.82. The Bertz CT molecular complexity index is 448. The Morgan fingerprint density at radius 1 is 1.41 bits per heavy atom. The Balaban J connectivity index is 3.50. The summed E-state index contributed by atoms with van der Waals surface area (Å²) in [6.45, 7) is 0. The molecule has 0 aliphatic heterocycles. The molecule has 0 aliphatic rings. The number of hydrogen-bond acceptors (Lipinski definition) is 4. The summed E-state index contributed by atoms with van der Waals surface area (Å²) < 4.78 is 42.4. The molecule has 1 aromatic rings. The molecule has 4 nitrogen and oxygen atoms in total. The van der Waals surface area contributed by atoms with Crippen LogP contribution in [-0.2, 0) is 6.18 Å². The van der Waals surface area contributed by atoms with Gasteiger partial charge in [0.1, 0.15) is 11.3 Å². The highest BCUT2D eigenvalue weighted by atomic mass is 32.2. The number of nitro groups is 1. The molecular formula is C9H8F3NO3S. The predicted octanol–water partition coefficient (Wildman–Crippen LogP) is 3.34. The lowest BCUT2D eigenvalue weighted by molar-refractivity contribution is -0.388. The van der Waals surface area contributed by atoms with Gasteiger partial charge in [-0.3, -0.25) is 10.1 Å². The Kier molecular flexibility index (Phi) is 3.87. The van der Waals surface area contributed by atoms with Crippen LogP contribution < -0.4 is 4.74 Å². The molecule has 0 aromatic heterocycles. The SMILES string of the molecule is COc1cc(SC)c([N+](=O)[O-])cc1C(F)(F)F. The van der Waals surface area contributed by atoms with Crippen molar-refractivity contribution in [2.45, 2.75) is 11.1 Å². The van der Waals surface area contributed by atoms with Gasteiger partial charge in [0.15, 0.2) is 0 Å². The molecule has 0 saturated heterocycles. The van der Waals surface area contributed by atoms with Gasteiger partial charge < -0.3 is 4.74 Å². The number of ether oxygens (including phenoxy) is 1. The topological polar surface area (TPSA) is 52.4 Å². The van der Waals surface area contributed by atoms with Gasteiger partial charge in [0.05, 0.1) is 16.9 Å². The maximum atomic E-state index is 12.6. The second-order valence-electron chi connectivity index (χ2n) is 2.98. The highest BCUT2D eigenvalue weighted by Gasteiger charge is 2.37. The second kappa shape index (κ2) is 4.82. The number of rotatable bonds is 3. The average Bonchev–Trinajstić information content (AvgIpc) is 2.25. The van der Waals surface area contributed by atoms with E-state index in [-0.39, 0.29) is 4.90 Å². The van der Waals surface area contributed by atoms with Crippen LogP contribution in [0.1, 0.15) is 5.56 Å². The third-order valence-corrected chi connectivity index (χ3v) is 2.77. The van der Waals surface area contributed by atoms with E-state index in [1.165, 1.54) is 6.26 Å². The molecule has 0 unspecified atom stereocenters. The minimum atomic E-state index is -4.69. The molecule has 1 aromatic carbocycles. The summed E-state index contributed by atoms with van der Waals surface area (Å²) in [6.07, 6.45) is -3.15. The number of halogens is 3. The largest absolute Gasteiger partial charge is 0.496 e. The monoisotopic (exact) mass is 267 g/mol. The van der Waals surface area contributed by atoms with E-state index < -0.39 is 28.1 Å². The molecular weight excluding hydrogens is 259 g/mol. The van der Waals surface area contributed by atoms with E-state index in [9.17, 15) is 23.3 Å². The number of alkyl halides is 3. The fourth-order valence-electron chi connectivity index (χ4n) is 1.25. The van der Waals surface area contributed by atoms with E-state index in [4.69, 9.17) is 0 Å². The molecule has 0 spiro atoms. The molecule has 0 N–H and O–H groups in total. The minimum absolute atomic E-state index is 0.125. The predicted molar refractivity (Wildman–Crippen MR) is 56.4 cm³/mol. The summed E-state index contributed by atoms with van der Waals surface area (Å²) in [6, 6.07) is 1.51. The number of methoxy groups -OCH3 is 1. The van der Waals surface area contributed by atoms with Crippen molar-refractivity contribution in [1.82, 2.24) is 0 Å². The van der Waals surface area contributed by atoms with Gasteiger partial charge in [0, 0.05) is 12.1 Å². The molecule has 0 bridgehead atoms. The van der Waals surface area contributed by atoms with Crippen molar-refractivity contribution in [3.63, 3.8) is 0 Å². The molecule has 94 valence electrons. The molecule has 0 fully saturated rings. The molecule has 8 heteroatoms. The molecule has 0 saturated carbocycles. The van der Waals surface area contributed by atoms with Crippen molar-refractivity contribution in [3.05, 3.63) is 27.8 Å². The van der Waals surface area contributed by atoms with Gasteiger partial charge in [-0.1, -0.05) is 0 Å². The minimum Gasteiger partial charge on any atom is -0.496 e. The highest BCUT2D eigenvalue weighted by Crippen LogP contribution is 2.42. The van der Waals surface area contributed by atoms with E-state index in [0.717, 1.165) is 24.9 Å². The summed E-state index contributed by atoms with van der Waals surface area (Å²) in [5.74, 6) is -0.424. The van der Waals surface area contributed by atoms with Crippen LogP contribution in [0.5, 0.6) is 5.75 Å². The zero-order valence-corrected chi connectivity index (χ0v) is 9.69. The van der Waals surface area contributed by atoms with E-state index in [0.29, 0.717) is 6.07 Å². The van der Waals surface area contributed by atoms with Crippen LogP contribution in [0.3, 0.4) is 0 Å². The normalized spacial score (nSPS) is 11.4. The van der Waals surface area contributed by atoms with Crippen LogP contribution in [0.4, 0.5) is 18.9 Å². The second-order valence-corrected chi connectivity index (χ2v) is 3.83. The number of thioether (sulfide) groups is 1. The zero-order chi connectivity index (χ0) is 13.2. The van der Waals surface area contributed by atoms with E-state index >= 15 is 0 Å². The molecule has 0 heterocycles. The van der Waals surface area contributed by atoms with Crippen molar-refractivity contribution < 1.29 is 22.8 Å². The van der Waals surface area contributed by atoms with Crippen LogP contribution >= 0.6 is 11.8 Å². The Labute approximate surface area is 98.9 Å². The Morgan fingerprint density at radius 3 is 2.35 bits per heavy atom. The van der Waals surface area contributed by atoms with Crippen molar-refractivity contribution in [3.8, 4) is 5.75 Å². The van der Waals surface area contributed by atoms with Crippen LogP contribution in [0.25, 0.3) is 0 Å². The summed E-state index contributed by atoms with van der Waals surface area (Å²) in [5.41, 5.74) is -1.73.